The molecule has 0 aliphatic rings. The van der Waals surface area contributed by atoms with E-state index in [1.165, 1.54) is 12.1 Å². The van der Waals surface area contributed by atoms with Crippen LogP contribution < -0.4 is 4.74 Å². The van der Waals surface area contributed by atoms with Crippen LogP contribution in [-0.2, 0) is 0 Å². The quantitative estimate of drug-likeness (QED) is 0.393. The molecule has 1 N–H and O–H groups in total. The molecule has 146 valence electrons. The second kappa shape index (κ2) is 7.55. The first-order valence-corrected chi connectivity index (χ1v) is 9.00. The molecule has 0 atom stereocenters. The van der Waals surface area contributed by atoms with Crippen molar-refractivity contribution in [3.05, 3.63) is 70.9 Å². The molecule has 9 nitrogen and oxygen atoms in total. The predicted octanol–water partition coefficient (Wildman–Crippen LogP) is 4.02. The van der Waals surface area contributed by atoms with Crippen molar-refractivity contribution >= 4 is 5.69 Å². The highest BCUT2D eigenvalue weighted by atomic mass is 16.6. The lowest BCUT2D eigenvalue weighted by Crippen LogP contribution is -2.06. The highest BCUT2D eigenvalue weighted by molar-refractivity contribution is 5.78. The van der Waals surface area contributed by atoms with Crippen LogP contribution in [0.2, 0.25) is 0 Å². The molecule has 0 radical (unpaired) electrons. The van der Waals surface area contributed by atoms with Crippen molar-refractivity contribution in [1.29, 1.82) is 0 Å². The van der Waals surface area contributed by atoms with E-state index in [1.807, 2.05) is 50.4 Å². The Bertz CT molecular complexity index is 1130. The molecule has 4 rings (SSSR count). The van der Waals surface area contributed by atoms with Gasteiger partial charge < -0.3 is 4.74 Å². The minimum Gasteiger partial charge on any atom is -0.460 e. The first-order chi connectivity index (χ1) is 14.0. The Hall–Kier alpha value is -4.01. The fourth-order valence-electron chi connectivity index (χ4n) is 2.84. The molecule has 9 heteroatoms. The van der Waals surface area contributed by atoms with E-state index >= 15 is 0 Å². The average molecular weight is 390 g/mol. The number of hydrogen-bond donors (Lipinski definition) is 1. The number of aromatic amines is 1. The van der Waals surface area contributed by atoms with Crippen molar-refractivity contribution in [2.75, 3.05) is 0 Å². The summed E-state index contributed by atoms with van der Waals surface area (Å²) in [7, 11) is 0. The summed E-state index contributed by atoms with van der Waals surface area (Å²) in [4.78, 5) is 14.9. The number of nitro benzene ring substituents is 1. The monoisotopic (exact) mass is 390 g/mol. The van der Waals surface area contributed by atoms with Crippen molar-refractivity contribution in [2.45, 2.75) is 20.0 Å². The van der Waals surface area contributed by atoms with Gasteiger partial charge in [-0.1, -0.05) is 18.2 Å². The number of hydrogen-bond acceptors (Lipinski definition) is 6. The maximum Gasteiger partial charge on any atom is 0.336 e. The van der Waals surface area contributed by atoms with Crippen molar-refractivity contribution in [3.63, 3.8) is 0 Å². The van der Waals surface area contributed by atoms with E-state index in [4.69, 9.17) is 9.84 Å². The number of rotatable bonds is 6. The third kappa shape index (κ3) is 3.84. The Labute approximate surface area is 166 Å². The Balaban J connectivity index is 1.81. The number of benzene rings is 2. The second-order valence-electron chi connectivity index (χ2n) is 6.61. The summed E-state index contributed by atoms with van der Waals surface area (Å²) in [5, 5.41) is 22.6. The lowest BCUT2D eigenvalue weighted by Gasteiger charge is -2.02. The molecule has 2 aromatic carbocycles. The molecular formula is C20H18N6O3. The Morgan fingerprint density at radius 3 is 2.48 bits per heavy atom. The molecule has 0 bridgehead atoms. The third-order valence-electron chi connectivity index (χ3n) is 4.15. The van der Waals surface area contributed by atoms with Crippen LogP contribution in [0.4, 0.5) is 5.69 Å². The number of non-ortho nitro benzene ring substituents is 1. The maximum absolute atomic E-state index is 11.0. The average Bonchev–Trinajstić information content (AvgIpc) is 3.35. The summed E-state index contributed by atoms with van der Waals surface area (Å²) >= 11 is 0. The van der Waals surface area contributed by atoms with Crippen molar-refractivity contribution in [3.8, 4) is 34.3 Å². The number of H-pyrrole nitrogens is 1. The predicted molar refractivity (Wildman–Crippen MR) is 107 cm³/mol. The zero-order valence-corrected chi connectivity index (χ0v) is 15.8. The molecule has 0 amide bonds. The molecular weight excluding hydrogens is 372 g/mol. The number of aromatic nitrogens is 5. The second-order valence-corrected chi connectivity index (χ2v) is 6.61. The standard InChI is InChI=1S/C20H18N6O3/c1-13(2)29-20-21-19(22-23-20)17-12-25(15-6-4-3-5-7-15)24-18(17)14-8-10-16(11-9-14)26(27)28/h3-13H,1-2H3,(H,21,22,23). The van der Waals surface area contributed by atoms with Crippen LogP contribution in [0, 0.1) is 10.1 Å². The molecule has 0 aliphatic carbocycles. The zero-order chi connectivity index (χ0) is 20.4. The molecule has 0 spiro atoms. The van der Waals surface area contributed by atoms with Gasteiger partial charge >= 0.3 is 6.01 Å². The molecule has 29 heavy (non-hydrogen) atoms. The van der Waals surface area contributed by atoms with E-state index in [0.717, 1.165) is 11.3 Å². The van der Waals surface area contributed by atoms with Crippen LogP contribution in [0.25, 0.3) is 28.3 Å². The number of para-hydroxylation sites is 1. The van der Waals surface area contributed by atoms with Crippen LogP contribution in [0.15, 0.2) is 60.8 Å². The molecule has 0 saturated heterocycles. The SMILES string of the molecule is CC(C)Oc1n[nH]c(-c2cn(-c3ccccc3)nc2-c2ccc([N+](=O)[O-])cc2)n1. The largest absolute Gasteiger partial charge is 0.460 e. The molecule has 0 aliphatic heterocycles. The fourth-order valence-corrected chi connectivity index (χ4v) is 2.84. The number of nitrogens with one attached hydrogen (secondary N) is 1. The van der Waals surface area contributed by atoms with Gasteiger partial charge in [-0.2, -0.15) is 10.1 Å². The Morgan fingerprint density at radius 2 is 1.83 bits per heavy atom. The van der Waals surface area contributed by atoms with E-state index in [-0.39, 0.29) is 17.8 Å². The summed E-state index contributed by atoms with van der Waals surface area (Å²) in [5.41, 5.74) is 2.94. The van der Waals surface area contributed by atoms with Gasteiger partial charge in [0.2, 0.25) is 0 Å². The van der Waals surface area contributed by atoms with E-state index in [9.17, 15) is 10.1 Å². The Morgan fingerprint density at radius 1 is 1.10 bits per heavy atom. The first kappa shape index (κ1) is 18.4. The van der Waals surface area contributed by atoms with Gasteiger partial charge in [0, 0.05) is 23.9 Å². The first-order valence-electron chi connectivity index (χ1n) is 9.00. The lowest BCUT2D eigenvalue weighted by atomic mass is 10.1. The molecule has 2 heterocycles. The van der Waals surface area contributed by atoms with Gasteiger partial charge in [0.25, 0.3) is 5.69 Å². The zero-order valence-electron chi connectivity index (χ0n) is 15.8. The van der Waals surface area contributed by atoms with Crippen LogP contribution in [0.5, 0.6) is 6.01 Å². The minimum atomic E-state index is -0.431. The summed E-state index contributed by atoms with van der Waals surface area (Å²) in [6, 6.07) is 16.1. The molecule has 0 fully saturated rings. The Kier molecular flexibility index (Phi) is 4.78. The maximum atomic E-state index is 11.0. The number of nitrogens with zero attached hydrogens (tertiary/aromatic N) is 5. The van der Waals surface area contributed by atoms with Gasteiger partial charge in [0.05, 0.1) is 22.3 Å². The smallest absolute Gasteiger partial charge is 0.336 e. The third-order valence-corrected chi connectivity index (χ3v) is 4.15. The summed E-state index contributed by atoms with van der Waals surface area (Å²) < 4.78 is 7.27. The highest BCUT2D eigenvalue weighted by Gasteiger charge is 2.19. The van der Waals surface area contributed by atoms with Crippen LogP contribution in [0.3, 0.4) is 0 Å². The highest BCUT2D eigenvalue weighted by Crippen LogP contribution is 2.31. The van der Waals surface area contributed by atoms with Crippen LogP contribution in [-0.4, -0.2) is 36.0 Å². The normalized spacial score (nSPS) is 11.0. The van der Waals surface area contributed by atoms with Gasteiger partial charge in [-0.3, -0.25) is 15.2 Å². The van der Waals surface area contributed by atoms with Gasteiger partial charge in [0.1, 0.15) is 5.69 Å². The van der Waals surface area contributed by atoms with E-state index in [2.05, 4.69) is 15.2 Å². The van der Waals surface area contributed by atoms with Gasteiger partial charge in [-0.25, -0.2) is 4.68 Å². The molecule has 0 saturated carbocycles. The van der Waals surface area contributed by atoms with E-state index in [0.29, 0.717) is 17.1 Å². The molecule has 0 unspecified atom stereocenters. The van der Waals surface area contributed by atoms with Crippen LogP contribution >= 0.6 is 0 Å². The summed E-state index contributed by atoms with van der Waals surface area (Å²) in [6.45, 7) is 3.79. The van der Waals surface area contributed by atoms with E-state index < -0.39 is 4.92 Å². The van der Waals surface area contributed by atoms with Crippen molar-refractivity contribution in [1.82, 2.24) is 25.0 Å². The van der Waals surface area contributed by atoms with Crippen molar-refractivity contribution < 1.29 is 9.66 Å². The number of ether oxygens (including phenoxy) is 1. The molecule has 4 aromatic rings. The van der Waals surface area contributed by atoms with Crippen molar-refractivity contribution in [2.24, 2.45) is 0 Å². The lowest BCUT2D eigenvalue weighted by molar-refractivity contribution is -0.384. The topological polar surface area (TPSA) is 112 Å². The van der Waals surface area contributed by atoms with E-state index in [1.54, 1.807) is 16.8 Å². The van der Waals surface area contributed by atoms with Gasteiger partial charge in [-0.15, -0.1) is 5.10 Å². The molecule has 2 aromatic heterocycles. The van der Waals surface area contributed by atoms with Gasteiger partial charge in [-0.05, 0) is 38.1 Å². The fraction of sp³-hybridized carbons (Fsp3) is 0.150. The minimum absolute atomic E-state index is 0.0186. The number of nitro groups is 1. The van der Waals surface area contributed by atoms with Gasteiger partial charge in [0.15, 0.2) is 5.82 Å². The summed E-state index contributed by atoms with van der Waals surface area (Å²) in [6.07, 6.45) is 1.78. The summed E-state index contributed by atoms with van der Waals surface area (Å²) in [5.74, 6) is 0.496. The van der Waals surface area contributed by atoms with Crippen LogP contribution in [0.1, 0.15) is 13.8 Å².